The summed E-state index contributed by atoms with van der Waals surface area (Å²) in [7, 11) is 0. The van der Waals surface area contributed by atoms with E-state index < -0.39 is 0 Å². The fourth-order valence-corrected chi connectivity index (χ4v) is 2.02. The predicted octanol–water partition coefficient (Wildman–Crippen LogP) is 2.68. The van der Waals surface area contributed by atoms with Gasteiger partial charge in [0.1, 0.15) is 11.3 Å². The molecular formula is C14H12N2O2. The molecule has 0 saturated carbocycles. The molecule has 18 heavy (non-hydrogen) atoms. The second-order valence-corrected chi connectivity index (χ2v) is 4.25. The summed E-state index contributed by atoms with van der Waals surface area (Å²) in [6.45, 7) is 1.76. The van der Waals surface area contributed by atoms with Gasteiger partial charge in [-0.2, -0.15) is 0 Å². The molecule has 0 aliphatic rings. The highest BCUT2D eigenvalue weighted by atomic mass is 16.3. The summed E-state index contributed by atoms with van der Waals surface area (Å²) in [6, 6.07) is 8.93. The normalized spacial score (nSPS) is 10.9. The average Bonchev–Trinajstić information content (AvgIpc) is 2.74. The van der Waals surface area contributed by atoms with Crippen LogP contribution in [0.5, 0.6) is 0 Å². The van der Waals surface area contributed by atoms with Gasteiger partial charge in [0.2, 0.25) is 5.43 Å². The Morgan fingerprint density at radius 1 is 1.22 bits per heavy atom. The molecule has 0 aliphatic carbocycles. The zero-order valence-corrected chi connectivity index (χ0v) is 9.86. The summed E-state index contributed by atoms with van der Waals surface area (Å²) in [5.41, 5.74) is 9.21. The number of aromatic amines is 1. The van der Waals surface area contributed by atoms with Gasteiger partial charge in [0.15, 0.2) is 5.58 Å². The third-order valence-electron chi connectivity index (χ3n) is 2.90. The van der Waals surface area contributed by atoms with Gasteiger partial charge in [-0.3, -0.25) is 4.79 Å². The Kier molecular flexibility index (Phi) is 2.23. The predicted molar refractivity (Wildman–Crippen MR) is 71.4 cm³/mol. The monoisotopic (exact) mass is 240 g/mol. The van der Waals surface area contributed by atoms with Crippen molar-refractivity contribution in [3.05, 3.63) is 52.5 Å². The van der Waals surface area contributed by atoms with Crippen LogP contribution in [0.25, 0.3) is 22.2 Å². The van der Waals surface area contributed by atoms with Crippen molar-refractivity contribution in [3.8, 4) is 11.1 Å². The van der Waals surface area contributed by atoms with Crippen LogP contribution in [0.15, 0.2) is 45.7 Å². The molecule has 90 valence electrons. The topological polar surface area (TPSA) is 72.0 Å². The molecule has 0 spiro atoms. The quantitative estimate of drug-likeness (QED) is 0.642. The van der Waals surface area contributed by atoms with E-state index in [4.69, 9.17) is 10.2 Å². The maximum atomic E-state index is 11.8. The first-order valence-corrected chi connectivity index (χ1v) is 5.63. The summed E-state index contributed by atoms with van der Waals surface area (Å²) >= 11 is 0. The largest absolute Gasteiger partial charge is 0.459 e. The van der Waals surface area contributed by atoms with E-state index in [1.54, 1.807) is 13.1 Å². The summed E-state index contributed by atoms with van der Waals surface area (Å²) in [6.07, 6.45) is 1.78. The number of rotatable bonds is 1. The molecule has 0 bridgehead atoms. The number of H-pyrrole nitrogens is 1. The molecule has 4 heteroatoms. The lowest BCUT2D eigenvalue weighted by atomic mass is 10.1. The Morgan fingerprint density at radius 2 is 1.94 bits per heavy atom. The Morgan fingerprint density at radius 3 is 2.67 bits per heavy atom. The van der Waals surface area contributed by atoms with E-state index in [0.717, 1.165) is 11.1 Å². The van der Waals surface area contributed by atoms with Crippen LogP contribution in [0.3, 0.4) is 0 Å². The van der Waals surface area contributed by atoms with Crippen molar-refractivity contribution < 1.29 is 4.42 Å². The number of anilines is 1. The van der Waals surface area contributed by atoms with Gasteiger partial charge in [0.25, 0.3) is 0 Å². The number of nitrogen functional groups attached to an aromatic ring is 1. The zero-order valence-electron chi connectivity index (χ0n) is 9.86. The average molecular weight is 240 g/mol. The number of fused-ring (bicyclic) bond motifs is 1. The van der Waals surface area contributed by atoms with E-state index in [2.05, 4.69) is 4.98 Å². The molecule has 1 aromatic carbocycles. The smallest absolute Gasteiger partial charge is 0.209 e. The number of benzene rings is 1. The van der Waals surface area contributed by atoms with E-state index >= 15 is 0 Å². The van der Waals surface area contributed by atoms with Crippen molar-refractivity contribution in [2.24, 2.45) is 0 Å². The molecular weight excluding hydrogens is 228 g/mol. The first-order valence-electron chi connectivity index (χ1n) is 5.63. The van der Waals surface area contributed by atoms with Gasteiger partial charge in [0.05, 0.1) is 0 Å². The molecule has 2 heterocycles. The number of nitrogens with two attached hydrogens (primary N) is 1. The summed E-state index contributed by atoms with van der Waals surface area (Å²) < 4.78 is 5.64. The highest BCUT2D eigenvalue weighted by molar-refractivity contribution is 5.90. The summed E-state index contributed by atoms with van der Waals surface area (Å²) in [4.78, 5) is 14.7. The van der Waals surface area contributed by atoms with Gasteiger partial charge < -0.3 is 15.1 Å². The Bertz CT molecular complexity index is 767. The molecule has 0 saturated heterocycles. The third-order valence-corrected chi connectivity index (χ3v) is 2.90. The summed E-state index contributed by atoms with van der Waals surface area (Å²) in [5.74, 6) is 0.601. The molecule has 4 nitrogen and oxygen atoms in total. The van der Waals surface area contributed by atoms with Crippen LogP contribution in [0, 0.1) is 6.92 Å². The maximum Gasteiger partial charge on any atom is 0.209 e. The van der Waals surface area contributed by atoms with Crippen LogP contribution >= 0.6 is 0 Å². The molecule has 0 aliphatic heterocycles. The van der Waals surface area contributed by atoms with Gasteiger partial charge in [-0.1, -0.05) is 12.1 Å². The molecule has 3 N–H and O–H groups in total. The number of aryl methyl sites for hydroxylation is 1. The molecule has 0 amide bonds. The van der Waals surface area contributed by atoms with Gasteiger partial charge >= 0.3 is 0 Å². The van der Waals surface area contributed by atoms with E-state index in [1.807, 2.05) is 24.3 Å². The van der Waals surface area contributed by atoms with E-state index in [0.29, 0.717) is 22.5 Å². The Balaban J connectivity index is 2.30. The minimum Gasteiger partial charge on any atom is -0.459 e. The fraction of sp³-hybridized carbons (Fsp3) is 0.0714. The number of nitrogens with one attached hydrogen (secondary N) is 1. The van der Waals surface area contributed by atoms with Crippen LogP contribution in [0.1, 0.15) is 5.76 Å². The van der Waals surface area contributed by atoms with Gasteiger partial charge in [0, 0.05) is 23.5 Å². The van der Waals surface area contributed by atoms with E-state index in [1.165, 1.54) is 6.07 Å². The van der Waals surface area contributed by atoms with Crippen LogP contribution in [0.2, 0.25) is 0 Å². The molecule has 0 atom stereocenters. The lowest BCUT2D eigenvalue weighted by Gasteiger charge is -2.00. The van der Waals surface area contributed by atoms with Gasteiger partial charge in [-0.05, 0) is 24.6 Å². The van der Waals surface area contributed by atoms with Gasteiger partial charge in [-0.15, -0.1) is 0 Å². The zero-order chi connectivity index (χ0) is 12.7. The van der Waals surface area contributed by atoms with E-state index in [-0.39, 0.29) is 5.43 Å². The molecule has 3 rings (SSSR count). The lowest BCUT2D eigenvalue weighted by Crippen LogP contribution is -1.99. The Hall–Kier alpha value is -2.49. The minimum atomic E-state index is -0.0598. The van der Waals surface area contributed by atoms with Crippen molar-refractivity contribution in [2.75, 3.05) is 5.73 Å². The molecule has 0 fully saturated rings. The molecule has 3 aromatic rings. The number of aromatic nitrogens is 1. The second kappa shape index (κ2) is 3.77. The van der Waals surface area contributed by atoms with Crippen molar-refractivity contribution in [3.63, 3.8) is 0 Å². The molecule has 2 aromatic heterocycles. The standard InChI is InChI=1S/C14H12N2O2/c1-8-6-12(17)13-14(18-8)11(7-16-13)9-2-4-10(15)5-3-9/h2-7,16H,15H2,1H3. The van der Waals surface area contributed by atoms with Crippen molar-refractivity contribution in [2.45, 2.75) is 6.92 Å². The minimum absolute atomic E-state index is 0.0598. The van der Waals surface area contributed by atoms with E-state index in [9.17, 15) is 4.79 Å². The fourth-order valence-electron chi connectivity index (χ4n) is 2.02. The highest BCUT2D eigenvalue weighted by Crippen LogP contribution is 2.28. The van der Waals surface area contributed by atoms with Crippen LogP contribution in [0.4, 0.5) is 5.69 Å². The third kappa shape index (κ3) is 1.59. The lowest BCUT2D eigenvalue weighted by molar-refractivity contribution is 0.566. The molecule has 0 unspecified atom stereocenters. The highest BCUT2D eigenvalue weighted by Gasteiger charge is 2.11. The first kappa shape index (κ1) is 10.7. The number of hydrogen-bond donors (Lipinski definition) is 2. The van der Waals surface area contributed by atoms with Crippen molar-refractivity contribution in [1.29, 1.82) is 0 Å². The van der Waals surface area contributed by atoms with Gasteiger partial charge in [-0.25, -0.2) is 0 Å². The van der Waals surface area contributed by atoms with Crippen molar-refractivity contribution >= 4 is 16.8 Å². The SMILES string of the molecule is Cc1cc(=O)c2[nH]cc(-c3ccc(N)cc3)c2o1. The first-order chi connectivity index (χ1) is 8.65. The second-order valence-electron chi connectivity index (χ2n) is 4.25. The maximum absolute atomic E-state index is 11.8. The van der Waals surface area contributed by atoms with Crippen molar-refractivity contribution in [1.82, 2.24) is 4.98 Å². The van der Waals surface area contributed by atoms with Crippen LogP contribution in [-0.2, 0) is 0 Å². The number of hydrogen-bond acceptors (Lipinski definition) is 3. The van der Waals surface area contributed by atoms with Crippen LogP contribution < -0.4 is 11.2 Å². The molecule has 0 radical (unpaired) electrons. The van der Waals surface area contributed by atoms with Crippen LogP contribution in [-0.4, -0.2) is 4.98 Å². The Labute approximate surface area is 103 Å². The summed E-state index contributed by atoms with van der Waals surface area (Å²) in [5, 5.41) is 0.